The fourth-order valence-electron chi connectivity index (χ4n) is 2.12. The van der Waals surface area contributed by atoms with Crippen LogP contribution in [0.2, 0.25) is 5.02 Å². The van der Waals surface area contributed by atoms with Gasteiger partial charge in [-0.25, -0.2) is 0 Å². The molecule has 4 heteroatoms. The smallest absolute Gasteiger partial charge is 0.222 e. The molecule has 0 aromatic heterocycles. The van der Waals surface area contributed by atoms with Crippen molar-refractivity contribution in [2.24, 2.45) is 0 Å². The van der Waals surface area contributed by atoms with Crippen LogP contribution in [0.3, 0.4) is 0 Å². The lowest BCUT2D eigenvalue weighted by molar-refractivity contribution is -0.132. The van der Waals surface area contributed by atoms with Gasteiger partial charge >= 0.3 is 0 Å². The average Bonchev–Trinajstić information content (AvgIpc) is 2.39. The van der Waals surface area contributed by atoms with Gasteiger partial charge in [0.2, 0.25) is 5.91 Å². The summed E-state index contributed by atoms with van der Waals surface area (Å²) in [6, 6.07) is 8.02. The molecule has 0 spiro atoms. The molecule has 1 aliphatic rings. The highest BCUT2D eigenvalue weighted by Gasteiger charge is 2.22. The van der Waals surface area contributed by atoms with Crippen molar-refractivity contribution < 1.29 is 4.79 Å². The Bertz CT molecular complexity index is 391. The Morgan fingerprint density at radius 1 is 1.47 bits per heavy atom. The first-order chi connectivity index (χ1) is 8.20. The molecule has 1 heterocycles. The van der Waals surface area contributed by atoms with Gasteiger partial charge in [-0.05, 0) is 17.7 Å². The van der Waals surface area contributed by atoms with Crippen molar-refractivity contribution in [1.82, 2.24) is 10.2 Å². The molecule has 17 heavy (non-hydrogen) atoms. The minimum atomic E-state index is 0.219. The van der Waals surface area contributed by atoms with Crippen LogP contribution in [0.1, 0.15) is 24.9 Å². The van der Waals surface area contributed by atoms with Gasteiger partial charge in [-0.3, -0.25) is 4.79 Å². The number of piperazine rings is 1. The summed E-state index contributed by atoms with van der Waals surface area (Å²) in [5.74, 6) is 0.227. The Morgan fingerprint density at radius 2 is 2.18 bits per heavy atom. The van der Waals surface area contributed by atoms with Crippen molar-refractivity contribution in [3.8, 4) is 0 Å². The third kappa shape index (κ3) is 2.99. The molecule has 1 saturated heterocycles. The number of nitrogens with zero attached hydrogens (tertiary/aromatic N) is 1. The maximum absolute atomic E-state index is 11.7. The van der Waals surface area contributed by atoms with E-state index in [2.05, 4.69) is 5.32 Å². The Kier molecular flexibility index (Phi) is 4.02. The molecule has 1 aromatic carbocycles. The number of carbonyl (C=O) groups is 1. The van der Waals surface area contributed by atoms with Crippen LogP contribution in [0.15, 0.2) is 24.3 Å². The van der Waals surface area contributed by atoms with E-state index in [-0.39, 0.29) is 11.9 Å². The molecule has 0 saturated carbocycles. The zero-order valence-electron chi connectivity index (χ0n) is 9.95. The van der Waals surface area contributed by atoms with Crippen molar-refractivity contribution in [1.29, 1.82) is 0 Å². The molecule has 1 amide bonds. The van der Waals surface area contributed by atoms with Crippen LogP contribution in [0.25, 0.3) is 0 Å². The maximum atomic E-state index is 11.7. The van der Waals surface area contributed by atoms with Gasteiger partial charge in [0.1, 0.15) is 0 Å². The van der Waals surface area contributed by atoms with Crippen molar-refractivity contribution in [2.75, 3.05) is 19.6 Å². The van der Waals surface area contributed by atoms with Crippen molar-refractivity contribution >= 4 is 17.5 Å². The minimum absolute atomic E-state index is 0.219. The summed E-state index contributed by atoms with van der Waals surface area (Å²) in [5, 5.41) is 4.17. The molecule has 2 rings (SSSR count). The second-order valence-electron chi connectivity index (χ2n) is 4.25. The van der Waals surface area contributed by atoms with E-state index < -0.39 is 0 Å². The van der Waals surface area contributed by atoms with Gasteiger partial charge in [0.15, 0.2) is 0 Å². The zero-order chi connectivity index (χ0) is 12.3. The van der Waals surface area contributed by atoms with Crippen LogP contribution < -0.4 is 5.32 Å². The predicted molar refractivity (Wildman–Crippen MR) is 69.1 cm³/mol. The lowest BCUT2D eigenvalue weighted by Crippen LogP contribution is -2.48. The molecule has 1 atom stereocenters. The minimum Gasteiger partial charge on any atom is -0.340 e. The first kappa shape index (κ1) is 12.4. The van der Waals surface area contributed by atoms with E-state index in [4.69, 9.17) is 11.6 Å². The van der Waals surface area contributed by atoms with Gasteiger partial charge < -0.3 is 10.2 Å². The number of nitrogens with one attached hydrogen (secondary N) is 1. The van der Waals surface area contributed by atoms with Crippen LogP contribution in [0, 0.1) is 0 Å². The topological polar surface area (TPSA) is 32.3 Å². The van der Waals surface area contributed by atoms with Gasteiger partial charge in [-0.1, -0.05) is 30.7 Å². The largest absolute Gasteiger partial charge is 0.340 e. The Hall–Kier alpha value is -1.06. The fourth-order valence-corrected chi connectivity index (χ4v) is 2.24. The molecule has 1 aromatic rings. The summed E-state index contributed by atoms with van der Waals surface area (Å²) in [4.78, 5) is 13.6. The summed E-state index contributed by atoms with van der Waals surface area (Å²) < 4.78 is 0. The van der Waals surface area contributed by atoms with Gasteiger partial charge in [-0.2, -0.15) is 0 Å². The van der Waals surface area contributed by atoms with Crippen molar-refractivity contribution in [3.63, 3.8) is 0 Å². The molecule has 1 N–H and O–H groups in total. The molecule has 0 radical (unpaired) electrons. The van der Waals surface area contributed by atoms with Crippen LogP contribution in [0.4, 0.5) is 0 Å². The van der Waals surface area contributed by atoms with Crippen molar-refractivity contribution in [3.05, 3.63) is 34.9 Å². The van der Waals surface area contributed by atoms with Crippen molar-refractivity contribution in [2.45, 2.75) is 19.4 Å². The number of amides is 1. The molecule has 1 aliphatic heterocycles. The van der Waals surface area contributed by atoms with Crippen LogP contribution in [-0.2, 0) is 4.79 Å². The number of halogens is 1. The van der Waals surface area contributed by atoms with E-state index in [0.717, 1.165) is 24.7 Å². The standard InChI is InChI=1S/C13H17ClN2O/c1-2-13(17)16-8-7-15-12(9-16)10-3-5-11(14)6-4-10/h3-6,12,15H,2,7-9H2,1H3. The van der Waals surface area contributed by atoms with Crippen LogP contribution in [-0.4, -0.2) is 30.4 Å². The number of benzene rings is 1. The highest BCUT2D eigenvalue weighted by atomic mass is 35.5. The number of rotatable bonds is 2. The quantitative estimate of drug-likeness (QED) is 0.876. The first-order valence-corrected chi connectivity index (χ1v) is 6.35. The molecule has 1 fully saturated rings. The monoisotopic (exact) mass is 252 g/mol. The summed E-state index contributed by atoms with van der Waals surface area (Å²) >= 11 is 5.87. The number of hydrogen-bond acceptors (Lipinski definition) is 2. The third-order valence-electron chi connectivity index (χ3n) is 3.10. The lowest BCUT2D eigenvalue weighted by atomic mass is 10.0. The third-order valence-corrected chi connectivity index (χ3v) is 3.35. The molecule has 92 valence electrons. The van der Waals surface area contributed by atoms with Crippen LogP contribution >= 0.6 is 11.6 Å². The Balaban J connectivity index is 2.06. The van der Waals surface area contributed by atoms with E-state index in [1.54, 1.807) is 0 Å². The molecule has 0 aliphatic carbocycles. The highest BCUT2D eigenvalue weighted by Crippen LogP contribution is 2.19. The highest BCUT2D eigenvalue weighted by molar-refractivity contribution is 6.30. The lowest BCUT2D eigenvalue weighted by Gasteiger charge is -2.34. The van der Waals surface area contributed by atoms with E-state index in [1.165, 1.54) is 5.56 Å². The van der Waals surface area contributed by atoms with Gasteiger partial charge in [0, 0.05) is 37.1 Å². The molecular weight excluding hydrogens is 236 g/mol. The molecule has 0 bridgehead atoms. The summed E-state index contributed by atoms with van der Waals surface area (Å²) in [7, 11) is 0. The average molecular weight is 253 g/mol. The SMILES string of the molecule is CCC(=O)N1CCNC(c2ccc(Cl)cc2)C1. The van der Waals surface area contributed by atoms with E-state index in [9.17, 15) is 4.79 Å². The fraction of sp³-hybridized carbons (Fsp3) is 0.462. The number of hydrogen-bond donors (Lipinski definition) is 1. The molecular formula is C13H17ClN2O. The first-order valence-electron chi connectivity index (χ1n) is 5.97. The van der Waals surface area contributed by atoms with Gasteiger partial charge in [0.05, 0.1) is 0 Å². The van der Waals surface area contributed by atoms with E-state index in [0.29, 0.717) is 6.42 Å². The second-order valence-corrected chi connectivity index (χ2v) is 4.69. The van der Waals surface area contributed by atoms with Crippen LogP contribution in [0.5, 0.6) is 0 Å². The van der Waals surface area contributed by atoms with Gasteiger partial charge in [-0.15, -0.1) is 0 Å². The molecule has 1 unspecified atom stereocenters. The maximum Gasteiger partial charge on any atom is 0.222 e. The molecule has 3 nitrogen and oxygen atoms in total. The summed E-state index contributed by atoms with van der Waals surface area (Å²) in [6.07, 6.45) is 0.577. The Morgan fingerprint density at radius 3 is 2.82 bits per heavy atom. The van der Waals surface area contributed by atoms with E-state index >= 15 is 0 Å². The number of carbonyl (C=O) groups excluding carboxylic acids is 1. The normalized spacial score (nSPS) is 20.4. The van der Waals surface area contributed by atoms with E-state index in [1.807, 2.05) is 36.1 Å². The Labute approximate surface area is 107 Å². The van der Waals surface area contributed by atoms with Gasteiger partial charge in [0.25, 0.3) is 0 Å². The summed E-state index contributed by atoms with van der Waals surface area (Å²) in [5.41, 5.74) is 1.18. The summed E-state index contributed by atoms with van der Waals surface area (Å²) in [6.45, 7) is 4.30. The second kappa shape index (κ2) is 5.52. The predicted octanol–water partition coefficient (Wildman–Crippen LogP) is 2.22. The zero-order valence-corrected chi connectivity index (χ0v) is 10.7.